The predicted octanol–water partition coefficient (Wildman–Crippen LogP) is 8.15. The van der Waals surface area contributed by atoms with Gasteiger partial charge in [-0.3, -0.25) is 4.79 Å². The van der Waals surface area contributed by atoms with Gasteiger partial charge in [0.25, 0.3) is 5.56 Å². The van der Waals surface area contributed by atoms with Crippen molar-refractivity contribution in [1.29, 1.82) is 0 Å². The van der Waals surface area contributed by atoms with Crippen molar-refractivity contribution in [3.63, 3.8) is 0 Å². The molecule has 0 amide bonds. The first-order valence-corrected chi connectivity index (χ1v) is 23.5. The Kier molecular flexibility index (Phi) is 11.2. The summed E-state index contributed by atoms with van der Waals surface area (Å²) in [6.45, 7) is 9.84. The molecular formula is C55H50N2O14. The number of benzene rings is 4. The number of nitrogens with zero attached hydrogens (tertiary/aromatic N) is 2. The van der Waals surface area contributed by atoms with Gasteiger partial charge in [0.05, 0.1) is 68.3 Å². The first kappa shape index (κ1) is 45.4. The van der Waals surface area contributed by atoms with Crippen LogP contribution in [0.1, 0.15) is 87.2 Å². The molecule has 16 nitrogen and oxygen atoms in total. The number of carbonyl (C=O) groups is 3. The third-order valence-electron chi connectivity index (χ3n) is 14.6. The van der Waals surface area contributed by atoms with Gasteiger partial charge in [-0.15, -0.1) is 0 Å². The number of hydrogen-bond donors (Lipinski definition) is 0. The van der Waals surface area contributed by atoms with Crippen LogP contribution in [0, 0.1) is 18.8 Å². The lowest BCUT2D eigenvalue weighted by atomic mass is 9.65. The summed E-state index contributed by atoms with van der Waals surface area (Å²) in [4.78, 5) is 60.7. The van der Waals surface area contributed by atoms with Gasteiger partial charge in [-0.1, -0.05) is 32.1 Å². The van der Waals surface area contributed by atoms with E-state index >= 15 is 0 Å². The van der Waals surface area contributed by atoms with E-state index < -0.39 is 36.2 Å². The maximum absolute atomic E-state index is 14.2. The van der Waals surface area contributed by atoms with Crippen LogP contribution in [0.25, 0.3) is 22.3 Å². The van der Waals surface area contributed by atoms with Gasteiger partial charge < -0.3 is 51.9 Å². The fraction of sp³-hybridized carbons (Fsp3) is 0.327. The Morgan fingerprint density at radius 3 is 2.28 bits per heavy atom. The first-order chi connectivity index (χ1) is 34.4. The Balaban J connectivity index is 0.829. The molecule has 71 heavy (non-hydrogen) atoms. The van der Waals surface area contributed by atoms with Gasteiger partial charge >= 0.3 is 17.9 Å². The van der Waals surface area contributed by atoms with Crippen molar-refractivity contribution in [2.24, 2.45) is 11.8 Å². The molecule has 2 aromatic heterocycles. The molecule has 0 radical (unpaired) electrons. The summed E-state index contributed by atoms with van der Waals surface area (Å²) in [7, 11) is 4.66. The van der Waals surface area contributed by atoms with Crippen LogP contribution in [0.2, 0.25) is 0 Å². The second-order valence-electron chi connectivity index (χ2n) is 18.2. The zero-order chi connectivity index (χ0) is 49.5. The van der Waals surface area contributed by atoms with Crippen LogP contribution < -0.4 is 34.0 Å². The number of methoxy groups -OCH3 is 3. The highest BCUT2D eigenvalue weighted by molar-refractivity contribution is 5.91. The Morgan fingerprint density at radius 1 is 0.859 bits per heavy atom. The van der Waals surface area contributed by atoms with Crippen molar-refractivity contribution < 1.29 is 61.8 Å². The summed E-state index contributed by atoms with van der Waals surface area (Å²) in [5, 5.41) is 1.04. The normalized spacial score (nSPS) is 20.9. The van der Waals surface area contributed by atoms with Crippen molar-refractivity contribution in [1.82, 2.24) is 9.55 Å². The van der Waals surface area contributed by atoms with Crippen LogP contribution in [0.3, 0.4) is 0 Å². The number of hydrogen-bond acceptors (Lipinski definition) is 15. The van der Waals surface area contributed by atoms with Crippen LogP contribution in [-0.4, -0.2) is 68.8 Å². The highest BCUT2D eigenvalue weighted by atomic mass is 16.7. The van der Waals surface area contributed by atoms with Gasteiger partial charge in [-0.2, -0.15) is 0 Å². The monoisotopic (exact) mass is 962 g/mol. The smallest absolute Gasteiger partial charge is 0.355 e. The van der Waals surface area contributed by atoms with Crippen LogP contribution >= 0.6 is 0 Å². The Labute approximate surface area is 407 Å². The zero-order valence-corrected chi connectivity index (χ0v) is 40.0. The number of fused-ring (bicyclic) bond motifs is 8. The number of pyridine rings is 2. The molecule has 1 saturated heterocycles. The fourth-order valence-electron chi connectivity index (χ4n) is 11.2. The summed E-state index contributed by atoms with van der Waals surface area (Å²) in [5.41, 5.74) is 6.02. The summed E-state index contributed by atoms with van der Waals surface area (Å²) < 4.78 is 60.3. The van der Waals surface area contributed by atoms with Crippen molar-refractivity contribution in [3.05, 3.63) is 146 Å². The number of aromatic nitrogens is 2. The summed E-state index contributed by atoms with van der Waals surface area (Å²) >= 11 is 0. The number of allylic oxidation sites excluding steroid dienone is 1. The number of ether oxygens (including phenoxy) is 10. The van der Waals surface area contributed by atoms with Gasteiger partial charge in [0.1, 0.15) is 18.5 Å². The number of aryl methyl sites for hydroxylation is 2. The SMILES string of the molecule is C=C1OC[C@H]2C(OC(=O)c3ccc(OCC(=O)OC4(CC)C(=O)OCc5c4cc4n(c5=O)Cc5c-4nc4ccc(C)cc4c5CC)cc3)c3cc4c(cc3[C@H](c3cc(OC)c(OC)c(OC)c3)[C@@H]12)OCO4. The van der Waals surface area contributed by atoms with Gasteiger partial charge in [-0.25, -0.2) is 19.4 Å². The molecule has 0 N–H and O–H groups in total. The number of cyclic esters (lactones) is 1. The fourth-order valence-corrected chi connectivity index (χ4v) is 11.2. The van der Waals surface area contributed by atoms with E-state index in [0.717, 1.165) is 50.7 Å². The Bertz CT molecular complexity index is 3280. The molecule has 0 saturated carbocycles. The molecule has 6 heterocycles. The van der Waals surface area contributed by atoms with E-state index in [0.29, 0.717) is 52.4 Å². The minimum atomic E-state index is -1.91. The molecule has 0 bridgehead atoms. The average Bonchev–Trinajstić information content (AvgIpc) is 4.12. The quantitative estimate of drug-likeness (QED) is 0.0846. The summed E-state index contributed by atoms with van der Waals surface area (Å²) in [5.74, 6) is -0.00603. The van der Waals surface area contributed by atoms with E-state index in [9.17, 15) is 19.2 Å². The maximum Gasteiger partial charge on any atom is 0.355 e. The third-order valence-corrected chi connectivity index (χ3v) is 14.6. The minimum Gasteiger partial charge on any atom is -0.498 e. The highest BCUT2D eigenvalue weighted by Gasteiger charge is 2.53. The molecule has 6 aromatic rings. The molecule has 2 unspecified atom stereocenters. The third kappa shape index (κ3) is 7.20. The largest absolute Gasteiger partial charge is 0.498 e. The zero-order valence-electron chi connectivity index (χ0n) is 40.0. The topological polar surface area (TPSA) is 178 Å². The van der Waals surface area contributed by atoms with Crippen LogP contribution in [0.5, 0.6) is 34.5 Å². The van der Waals surface area contributed by atoms with Crippen LogP contribution in [-0.2, 0) is 53.7 Å². The summed E-state index contributed by atoms with van der Waals surface area (Å²) in [6.07, 6.45) is -0.0519. The molecule has 1 fully saturated rings. The second-order valence-corrected chi connectivity index (χ2v) is 18.2. The summed E-state index contributed by atoms with van der Waals surface area (Å²) in [6, 6.07) is 21.5. The number of esters is 3. The molecular weight excluding hydrogens is 913 g/mol. The lowest BCUT2D eigenvalue weighted by Crippen LogP contribution is -2.48. The molecule has 4 aliphatic heterocycles. The number of carbonyl (C=O) groups excluding carboxylic acids is 3. The molecule has 4 aromatic carbocycles. The average molecular weight is 963 g/mol. The maximum atomic E-state index is 14.2. The van der Waals surface area contributed by atoms with Crippen LogP contribution in [0.4, 0.5) is 0 Å². The van der Waals surface area contributed by atoms with Crippen molar-refractivity contribution in [2.45, 2.75) is 64.4 Å². The molecule has 11 rings (SSSR count). The van der Waals surface area contributed by atoms with Gasteiger partial charge in [0.2, 0.25) is 18.1 Å². The highest BCUT2D eigenvalue weighted by Crippen LogP contribution is 2.58. The lowest BCUT2D eigenvalue weighted by Gasteiger charge is -2.39. The minimum absolute atomic E-state index is 0.00993. The molecule has 364 valence electrons. The van der Waals surface area contributed by atoms with E-state index in [1.54, 1.807) is 38.9 Å². The first-order valence-electron chi connectivity index (χ1n) is 23.5. The predicted molar refractivity (Wildman–Crippen MR) is 255 cm³/mol. The number of rotatable bonds is 12. The van der Waals surface area contributed by atoms with Gasteiger partial charge in [0.15, 0.2) is 29.6 Å². The van der Waals surface area contributed by atoms with E-state index in [1.165, 1.54) is 24.3 Å². The van der Waals surface area contributed by atoms with E-state index in [1.807, 2.05) is 43.3 Å². The molecule has 5 aliphatic rings. The van der Waals surface area contributed by atoms with Crippen molar-refractivity contribution in [2.75, 3.05) is 41.3 Å². The lowest BCUT2D eigenvalue weighted by molar-refractivity contribution is -0.190. The Hall–Kier alpha value is -8.01. The van der Waals surface area contributed by atoms with Gasteiger partial charge in [0, 0.05) is 39.8 Å². The van der Waals surface area contributed by atoms with Crippen molar-refractivity contribution >= 4 is 28.8 Å². The molecule has 5 atom stereocenters. The Morgan fingerprint density at radius 2 is 1.59 bits per heavy atom. The standard InChI is InChI=1S/C55H50N2O14/c1-8-32-33-16-27(3)10-15-40(33)56-49-36(32)22-57-41(49)21-39-37(52(57)59)23-67-54(61)55(39,9-2)71-46(58)25-66-31-13-11-29(12-14-31)53(60)70-50-35-20-43-42(68-26-69-43)19-34(35)48(47-28(4)65-24-38(47)50)30-17-44(62-5)51(64-7)45(18-30)63-6/h10-21,38,47-48,50H,4,8-9,22-26H2,1-3,5-7H3/t38-,47+,48+,50?,55?/m1/s1. The van der Waals surface area contributed by atoms with E-state index in [-0.39, 0.29) is 72.2 Å². The molecule has 0 spiro atoms. The van der Waals surface area contributed by atoms with Gasteiger partial charge in [-0.05, 0) is 103 Å². The second kappa shape index (κ2) is 17.4. The van der Waals surface area contributed by atoms with E-state index in [2.05, 4.69) is 19.6 Å². The molecule has 1 aliphatic carbocycles. The van der Waals surface area contributed by atoms with Crippen LogP contribution in [0.15, 0.2) is 89.9 Å². The van der Waals surface area contributed by atoms with E-state index in [4.69, 9.17) is 52.4 Å². The molecule has 16 heteroatoms. The van der Waals surface area contributed by atoms with Crippen molar-refractivity contribution in [3.8, 4) is 45.9 Å².